The molecule has 1 amide bonds. The summed E-state index contributed by atoms with van der Waals surface area (Å²) in [5.74, 6) is -1.13. The molecule has 0 radical (unpaired) electrons. The van der Waals surface area contributed by atoms with Crippen LogP contribution in [0.25, 0.3) is 0 Å². The van der Waals surface area contributed by atoms with Gasteiger partial charge in [-0.15, -0.1) is 0 Å². The Balaban J connectivity index is 1.89. The quantitative estimate of drug-likeness (QED) is 0.850. The minimum absolute atomic E-state index is 0.0327. The molecular formula is C13H14ClNO5. The van der Waals surface area contributed by atoms with E-state index in [1.54, 1.807) is 24.3 Å². The molecule has 1 fully saturated rings. The fraction of sp³-hybridized carbons (Fsp3) is 0.385. The second-order valence-corrected chi connectivity index (χ2v) is 4.92. The van der Waals surface area contributed by atoms with Crippen LogP contribution in [-0.2, 0) is 14.3 Å². The number of aliphatic carboxylic acids is 1. The van der Waals surface area contributed by atoms with E-state index in [4.69, 9.17) is 21.1 Å². The molecule has 1 aromatic carbocycles. The number of carboxylic acids is 1. The van der Waals surface area contributed by atoms with E-state index in [2.05, 4.69) is 5.32 Å². The molecule has 6 nitrogen and oxygen atoms in total. The molecule has 108 valence electrons. The van der Waals surface area contributed by atoms with Crippen molar-refractivity contribution in [2.24, 2.45) is 0 Å². The van der Waals surface area contributed by atoms with E-state index in [1.165, 1.54) is 0 Å². The molecule has 0 bridgehead atoms. The van der Waals surface area contributed by atoms with Crippen LogP contribution in [0.4, 0.5) is 0 Å². The van der Waals surface area contributed by atoms with E-state index in [9.17, 15) is 14.7 Å². The van der Waals surface area contributed by atoms with Gasteiger partial charge in [0, 0.05) is 18.1 Å². The number of carbonyl (C=O) groups is 2. The van der Waals surface area contributed by atoms with Crippen LogP contribution in [0.1, 0.15) is 6.42 Å². The SMILES string of the molecule is O=C(COc1ccc(Cl)cc1)NC1(C(=O)O)CCOC1. The van der Waals surface area contributed by atoms with Gasteiger partial charge in [0.15, 0.2) is 12.1 Å². The number of rotatable bonds is 5. The molecule has 0 aromatic heterocycles. The van der Waals surface area contributed by atoms with Gasteiger partial charge in [0.1, 0.15) is 5.75 Å². The van der Waals surface area contributed by atoms with Crippen LogP contribution in [0.15, 0.2) is 24.3 Å². The van der Waals surface area contributed by atoms with Crippen molar-refractivity contribution in [2.45, 2.75) is 12.0 Å². The third-order valence-electron chi connectivity index (χ3n) is 2.99. The highest BCUT2D eigenvalue weighted by molar-refractivity contribution is 6.30. The summed E-state index contributed by atoms with van der Waals surface area (Å²) in [6.07, 6.45) is 0.245. The third-order valence-corrected chi connectivity index (χ3v) is 3.25. The highest BCUT2D eigenvalue weighted by atomic mass is 35.5. The average Bonchev–Trinajstić information content (AvgIpc) is 2.88. The molecule has 1 atom stereocenters. The Bertz CT molecular complexity index is 496. The van der Waals surface area contributed by atoms with Crippen molar-refractivity contribution < 1.29 is 24.2 Å². The minimum atomic E-state index is -1.35. The zero-order valence-electron chi connectivity index (χ0n) is 10.6. The average molecular weight is 300 g/mol. The van der Waals surface area contributed by atoms with Crippen LogP contribution in [-0.4, -0.2) is 42.3 Å². The molecule has 0 spiro atoms. The van der Waals surface area contributed by atoms with Crippen molar-refractivity contribution in [3.05, 3.63) is 29.3 Å². The highest BCUT2D eigenvalue weighted by Crippen LogP contribution is 2.19. The first-order chi connectivity index (χ1) is 9.52. The summed E-state index contributed by atoms with van der Waals surface area (Å²) in [4.78, 5) is 23.0. The zero-order chi connectivity index (χ0) is 14.6. The van der Waals surface area contributed by atoms with E-state index >= 15 is 0 Å². The number of halogens is 1. The van der Waals surface area contributed by atoms with Crippen LogP contribution >= 0.6 is 11.6 Å². The molecule has 20 heavy (non-hydrogen) atoms. The molecule has 2 rings (SSSR count). The Morgan fingerprint density at radius 3 is 2.65 bits per heavy atom. The van der Waals surface area contributed by atoms with E-state index in [0.717, 1.165) is 0 Å². The molecule has 7 heteroatoms. The number of amides is 1. The fourth-order valence-electron chi connectivity index (χ4n) is 1.87. The van der Waals surface area contributed by atoms with Gasteiger partial charge in [0.2, 0.25) is 0 Å². The van der Waals surface area contributed by atoms with E-state index in [1.807, 2.05) is 0 Å². The van der Waals surface area contributed by atoms with Crippen molar-refractivity contribution in [1.29, 1.82) is 0 Å². The number of hydrogen-bond donors (Lipinski definition) is 2. The van der Waals surface area contributed by atoms with Crippen LogP contribution < -0.4 is 10.1 Å². The van der Waals surface area contributed by atoms with Crippen molar-refractivity contribution in [3.63, 3.8) is 0 Å². The largest absolute Gasteiger partial charge is 0.484 e. The van der Waals surface area contributed by atoms with Gasteiger partial charge in [-0.3, -0.25) is 4.79 Å². The van der Waals surface area contributed by atoms with Crippen molar-refractivity contribution in [1.82, 2.24) is 5.32 Å². The van der Waals surface area contributed by atoms with Gasteiger partial charge in [0.05, 0.1) is 6.61 Å². The molecule has 1 aliphatic rings. The molecule has 1 unspecified atom stereocenters. The maximum atomic E-state index is 11.8. The number of benzene rings is 1. The predicted molar refractivity (Wildman–Crippen MR) is 70.9 cm³/mol. The number of nitrogens with one attached hydrogen (secondary N) is 1. The summed E-state index contributed by atoms with van der Waals surface area (Å²) in [6, 6.07) is 6.53. The summed E-state index contributed by atoms with van der Waals surface area (Å²) < 4.78 is 10.3. The van der Waals surface area contributed by atoms with E-state index < -0.39 is 17.4 Å². The van der Waals surface area contributed by atoms with Gasteiger partial charge in [-0.05, 0) is 24.3 Å². The van der Waals surface area contributed by atoms with Crippen LogP contribution in [0, 0.1) is 0 Å². The van der Waals surface area contributed by atoms with Crippen molar-refractivity contribution >= 4 is 23.5 Å². The van der Waals surface area contributed by atoms with Gasteiger partial charge in [-0.1, -0.05) is 11.6 Å². The molecule has 1 aromatic rings. The second-order valence-electron chi connectivity index (χ2n) is 4.48. The Kier molecular flexibility index (Phi) is 4.46. The van der Waals surface area contributed by atoms with E-state index in [-0.39, 0.29) is 19.6 Å². The maximum Gasteiger partial charge on any atom is 0.331 e. The summed E-state index contributed by atoms with van der Waals surface area (Å²) in [5, 5.41) is 12.2. The Hall–Kier alpha value is -1.79. The predicted octanol–water partition coefficient (Wildman–Crippen LogP) is 1.08. The fourth-order valence-corrected chi connectivity index (χ4v) is 1.99. The van der Waals surface area contributed by atoms with Gasteiger partial charge < -0.3 is 19.9 Å². The van der Waals surface area contributed by atoms with Crippen LogP contribution in [0.2, 0.25) is 5.02 Å². The van der Waals surface area contributed by atoms with Crippen molar-refractivity contribution in [3.8, 4) is 5.75 Å². The van der Waals surface area contributed by atoms with Gasteiger partial charge >= 0.3 is 5.97 Å². The first-order valence-electron chi connectivity index (χ1n) is 6.02. The number of carbonyl (C=O) groups excluding carboxylic acids is 1. The zero-order valence-corrected chi connectivity index (χ0v) is 11.4. The molecule has 0 aliphatic carbocycles. The van der Waals surface area contributed by atoms with Gasteiger partial charge in [0.25, 0.3) is 5.91 Å². The second kappa shape index (κ2) is 6.11. The minimum Gasteiger partial charge on any atom is -0.484 e. The first-order valence-corrected chi connectivity index (χ1v) is 6.40. The first kappa shape index (κ1) is 14.6. The third kappa shape index (κ3) is 3.40. The highest BCUT2D eigenvalue weighted by Gasteiger charge is 2.43. The maximum absolute atomic E-state index is 11.8. The summed E-state index contributed by atoms with van der Waals surface area (Å²) >= 11 is 5.73. The van der Waals surface area contributed by atoms with Crippen molar-refractivity contribution in [2.75, 3.05) is 19.8 Å². The lowest BCUT2D eigenvalue weighted by molar-refractivity contribution is -0.148. The molecule has 2 N–H and O–H groups in total. The standard InChI is InChI=1S/C13H14ClNO5/c14-9-1-3-10(4-2-9)20-7-11(16)15-13(12(17)18)5-6-19-8-13/h1-4H,5-8H2,(H,15,16)(H,17,18). The van der Waals surface area contributed by atoms with Gasteiger partial charge in [-0.2, -0.15) is 0 Å². The number of carboxylic acid groups (broad SMARTS) is 1. The lowest BCUT2D eigenvalue weighted by atomic mass is 9.99. The monoisotopic (exact) mass is 299 g/mol. The summed E-state index contributed by atoms with van der Waals surface area (Å²) in [6.45, 7) is 0.0102. The Morgan fingerprint density at radius 1 is 1.40 bits per heavy atom. The molecule has 0 saturated carbocycles. The lowest BCUT2D eigenvalue weighted by Crippen LogP contribution is -2.56. The summed E-state index contributed by atoms with van der Waals surface area (Å²) in [7, 11) is 0. The Morgan fingerprint density at radius 2 is 2.10 bits per heavy atom. The molecule has 1 aliphatic heterocycles. The van der Waals surface area contributed by atoms with Gasteiger partial charge in [-0.25, -0.2) is 4.79 Å². The molecular weight excluding hydrogens is 286 g/mol. The summed E-state index contributed by atoms with van der Waals surface area (Å²) in [5.41, 5.74) is -1.35. The smallest absolute Gasteiger partial charge is 0.331 e. The van der Waals surface area contributed by atoms with Crippen LogP contribution in [0.5, 0.6) is 5.75 Å². The van der Waals surface area contributed by atoms with E-state index in [0.29, 0.717) is 17.4 Å². The molecule has 1 heterocycles. The number of hydrogen-bond acceptors (Lipinski definition) is 4. The Labute approximate surface area is 120 Å². The topological polar surface area (TPSA) is 84.9 Å². The normalized spacial score (nSPS) is 21.4. The number of ether oxygens (including phenoxy) is 2. The lowest BCUT2D eigenvalue weighted by Gasteiger charge is -2.23. The van der Waals surface area contributed by atoms with Crippen LogP contribution in [0.3, 0.4) is 0 Å². The molecule has 1 saturated heterocycles.